The molecule has 0 atom stereocenters. The molecule has 0 aliphatic carbocycles. The molecule has 0 bridgehead atoms. The molecule has 2 aromatic carbocycles. The van der Waals surface area contributed by atoms with E-state index in [1.165, 1.54) is 22.0 Å². The predicted octanol–water partition coefficient (Wildman–Crippen LogP) is 4.54. The van der Waals surface area contributed by atoms with Gasteiger partial charge in [-0.05, 0) is 24.6 Å². The number of para-hydroxylation sites is 1. The fourth-order valence-electron chi connectivity index (χ4n) is 3.02. The van der Waals surface area contributed by atoms with Crippen molar-refractivity contribution in [3.8, 4) is 22.5 Å². The quantitative estimate of drug-likeness (QED) is 0.577. The summed E-state index contributed by atoms with van der Waals surface area (Å²) in [6.45, 7) is 2.12. The number of rotatable bonds is 2. The molecule has 4 rings (SSSR count). The van der Waals surface area contributed by atoms with Gasteiger partial charge in [-0.3, -0.25) is 5.10 Å². The van der Waals surface area contributed by atoms with Crippen LogP contribution in [0.15, 0.2) is 60.8 Å². The van der Waals surface area contributed by atoms with E-state index in [9.17, 15) is 0 Å². The Labute approximate surface area is 129 Å². The summed E-state index contributed by atoms with van der Waals surface area (Å²) in [5.74, 6) is 0. The monoisotopic (exact) mass is 287 g/mol. The van der Waals surface area contributed by atoms with Crippen LogP contribution in [0.5, 0.6) is 0 Å². The average molecular weight is 287 g/mol. The minimum Gasteiger partial charge on any atom is -0.350 e. The van der Waals surface area contributed by atoms with Gasteiger partial charge in [0.2, 0.25) is 0 Å². The number of fused-ring (bicyclic) bond motifs is 1. The van der Waals surface area contributed by atoms with E-state index in [1.54, 1.807) is 0 Å². The molecule has 108 valence electrons. The van der Waals surface area contributed by atoms with Crippen molar-refractivity contribution in [1.82, 2.24) is 14.8 Å². The first-order valence-corrected chi connectivity index (χ1v) is 7.40. The summed E-state index contributed by atoms with van der Waals surface area (Å²) in [6.07, 6.45) is 2.14. The molecule has 22 heavy (non-hydrogen) atoms. The molecule has 0 radical (unpaired) electrons. The highest BCUT2D eigenvalue weighted by atomic mass is 15.1. The van der Waals surface area contributed by atoms with Crippen molar-refractivity contribution in [2.24, 2.45) is 7.05 Å². The Balaban J connectivity index is 1.86. The number of hydrogen-bond acceptors (Lipinski definition) is 1. The van der Waals surface area contributed by atoms with Crippen LogP contribution in [0.4, 0.5) is 0 Å². The van der Waals surface area contributed by atoms with Crippen LogP contribution in [0, 0.1) is 6.92 Å². The molecule has 0 aliphatic heterocycles. The molecule has 0 saturated carbocycles. The number of aromatic amines is 1. The first kappa shape index (κ1) is 12.9. The van der Waals surface area contributed by atoms with Gasteiger partial charge in [-0.2, -0.15) is 5.10 Å². The van der Waals surface area contributed by atoms with E-state index < -0.39 is 0 Å². The topological polar surface area (TPSA) is 33.6 Å². The summed E-state index contributed by atoms with van der Waals surface area (Å²) < 4.78 is 2.15. The molecule has 2 heterocycles. The van der Waals surface area contributed by atoms with Crippen LogP contribution >= 0.6 is 0 Å². The largest absolute Gasteiger partial charge is 0.350 e. The Hall–Kier alpha value is -2.81. The number of hydrogen-bond donors (Lipinski definition) is 1. The number of nitrogens with zero attached hydrogens (tertiary/aromatic N) is 2. The average Bonchev–Trinajstić information content (AvgIpc) is 3.13. The summed E-state index contributed by atoms with van der Waals surface area (Å²) >= 11 is 0. The zero-order valence-corrected chi connectivity index (χ0v) is 12.7. The maximum atomic E-state index is 4.53. The van der Waals surface area contributed by atoms with Gasteiger partial charge in [0.05, 0.1) is 11.4 Å². The van der Waals surface area contributed by atoms with E-state index in [-0.39, 0.29) is 0 Å². The number of benzene rings is 2. The molecule has 3 nitrogen and oxygen atoms in total. The Morgan fingerprint density at radius 3 is 2.59 bits per heavy atom. The van der Waals surface area contributed by atoms with Crippen molar-refractivity contribution in [3.63, 3.8) is 0 Å². The highest BCUT2D eigenvalue weighted by molar-refractivity contribution is 5.95. The highest BCUT2D eigenvalue weighted by Gasteiger charge is 2.12. The van der Waals surface area contributed by atoms with Gasteiger partial charge in [0, 0.05) is 35.3 Å². The van der Waals surface area contributed by atoms with Crippen LogP contribution in [0.2, 0.25) is 0 Å². The molecule has 3 heteroatoms. The van der Waals surface area contributed by atoms with E-state index in [0.29, 0.717) is 0 Å². The van der Waals surface area contributed by atoms with E-state index >= 15 is 0 Å². The summed E-state index contributed by atoms with van der Waals surface area (Å²) in [6, 6.07) is 18.9. The second kappa shape index (κ2) is 4.88. The molecule has 0 spiro atoms. The SMILES string of the molecule is Cc1ccccc1-c1cc(-c2cn(C)c3ccccc23)n[nH]1. The van der Waals surface area contributed by atoms with Crippen molar-refractivity contribution >= 4 is 10.9 Å². The molecule has 4 aromatic rings. The second-order valence-electron chi connectivity index (χ2n) is 5.65. The van der Waals surface area contributed by atoms with Crippen LogP contribution in [-0.4, -0.2) is 14.8 Å². The maximum Gasteiger partial charge on any atom is 0.0948 e. The second-order valence-corrected chi connectivity index (χ2v) is 5.65. The maximum absolute atomic E-state index is 4.53. The third kappa shape index (κ3) is 1.94. The number of nitrogens with one attached hydrogen (secondary N) is 1. The van der Waals surface area contributed by atoms with Crippen LogP contribution in [0.25, 0.3) is 33.4 Å². The Morgan fingerprint density at radius 2 is 1.73 bits per heavy atom. The van der Waals surface area contributed by atoms with E-state index in [0.717, 1.165) is 17.0 Å². The Kier molecular flexibility index (Phi) is 2.86. The first-order chi connectivity index (χ1) is 10.7. The zero-order chi connectivity index (χ0) is 15.1. The molecular formula is C19H17N3. The minimum absolute atomic E-state index is 0.982. The van der Waals surface area contributed by atoms with Crippen molar-refractivity contribution in [1.29, 1.82) is 0 Å². The van der Waals surface area contributed by atoms with Gasteiger partial charge < -0.3 is 4.57 Å². The Morgan fingerprint density at radius 1 is 0.955 bits per heavy atom. The third-order valence-electron chi connectivity index (χ3n) is 4.19. The smallest absolute Gasteiger partial charge is 0.0948 e. The molecule has 1 N–H and O–H groups in total. The third-order valence-corrected chi connectivity index (χ3v) is 4.19. The molecule has 0 unspecified atom stereocenters. The first-order valence-electron chi connectivity index (χ1n) is 7.40. The predicted molar refractivity (Wildman–Crippen MR) is 90.7 cm³/mol. The molecule has 0 aliphatic rings. The number of H-pyrrole nitrogens is 1. The number of aryl methyl sites for hydroxylation is 2. The van der Waals surface area contributed by atoms with Gasteiger partial charge in [-0.1, -0.05) is 42.5 Å². The van der Waals surface area contributed by atoms with Gasteiger partial charge in [0.1, 0.15) is 0 Å². The van der Waals surface area contributed by atoms with Gasteiger partial charge in [-0.25, -0.2) is 0 Å². The lowest BCUT2D eigenvalue weighted by Gasteiger charge is -2.00. The van der Waals surface area contributed by atoms with E-state index in [2.05, 4.69) is 89.5 Å². The number of aromatic nitrogens is 3. The van der Waals surface area contributed by atoms with Crippen LogP contribution < -0.4 is 0 Å². The fourth-order valence-corrected chi connectivity index (χ4v) is 3.02. The van der Waals surface area contributed by atoms with Gasteiger partial charge >= 0.3 is 0 Å². The summed E-state index contributed by atoms with van der Waals surface area (Å²) in [5, 5.41) is 8.93. The molecule has 0 saturated heterocycles. The van der Waals surface area contributed by atoms with Crippen molar-refractivity contribution in [2.45, 2.75) is 6.92 Å². The van der Waals surface area contributed by atoms with Crippen molar-refractivity contribution in [3.05, 3.63) is 66.4 Å². The molecule has 2 aromatic heterocycles. The highest BCUT2D eigenvalue weighted by Crippen LogP contribution is 2.31. The van der Waals surface area contributed by atoms with Crippen LogP contribution in [0.1, 0.15) is 5.56 Å². The molecule has 0 fully saturated rings. The van der Waals surface area contributed by atoms with Crippen molar-refractivity contribution in [2.75, 3.05) is 0 Å². The van der Waals surface area contributed by atoms with Crippen molar-refractivity contribution < 1.29 is 0 Å². The van der Waals surface area contributed by atoms with Gasteiger partial charge in [0.25, 0.3) is 0 Å². The normalized spacial score (nSPS) is 11.2. The molecular weight excluding hydrogens is 270 g/mol. The lowest BCUT2D eigenvalue weighted by atomic mass is 10.0. The minimum atomic E-state index is 0.982. The van der Waals surface area contributed by atoms with E-state index in [1.807, 2.05) is 0 Å². The fraction of sp³-hybridized carbons (Fsp3) is 0.105. The molecule has 0 amide bonds. The van der Waals surface area contributed by atoms with Crippen LogP contribution in [0.3, 0.4) is 0 Å². The summed E-state index contributed by atoms with van der Waals surface area (Å²) in [7, 11) is 2.07. The Bertz CT molecular complexity index is 960. The zero-order valence-electron chi connectivity index (χ0n) is 12.7. The standard InChI is InChI=1S/C19H17N3/c1-13-7-3-4-8-14(13)17-11-18(21-20-17)16-12-22(2)19-10-6-5-9-15(16)19/h3-12H,1-2H3,(H,20,21). The summed E-state index contributed by atoms with van der Waals surface area (Å²) in [4.78, 5) is 0. The van der Waals surface area contributed by atoms with Gasteiger partial charge in [0.15, 0.2) is 0 Å². The lowest BCUT2D eigenvalue weighted by Crippen LogP contribution is -1.81. The lowest BCUT2D eigenvalue weighted by molar-refractivity contribution is 0.969. The van der Waals surface area contributed by atoms with Gasteiger partial charge in [-0.15, -0.1) is 0 Å². The summed E-state index contributed by atoms with van der Waals surface area (Å²) in [5.41, 5.74) is 6.86. The van der Waals surface area contributed by atoms with E-state index in [4.69, 9.17) is 0 Å². The van der Waals surface area contributed by atoms with Crippen LogP contribution in [-0.2, 0) is 7.05 Å².